The first kappa shape index (κ1) is 12.7. The van der Waals surface area contributed by atoms with Gasteiger partial charge in [0.1, 0.15) is 18.0 Å². The van der Waals surface area contributed by atoms with Crippen molar-refractivity contribution in [2.24, 2.45) is 0 Å². The molecule has 0 fully saturated rings. The fourth-order valence-corrected chi connectivity index (χ4v) is 1.41. The average molecular weight is 263 g/mol. The molecule has 2 rings (SSSR count). The first-order chi connectivity index (χ1) is 9.10. The molecule has 0 atom stereocenters. The van der Waals surface area contributed by atoms with Gasteiger partial charge in [-0.05, 0) is 18.2 Å². The second-order valence-corrected chi connectivity index (χ2v) is 3.57. The lowest BCUT2D eigenvalue weighted by atomic mass is 10.2. The van der Waals surface area contributed by atoms with E-state index in [0.717, 1.165) is 6.07 Å². The Balaban J connectivity index is 2.25. The van der Waals surface area contributed by atoms with Crippen molar-refractivity contribution in [3.8, 4) is 5.88 Å². The number of carboxylic acids is 1. The van der Waals surface area contributed by atoms with Crippen molar-refractivity contribution in [1.29, 1.82) is 0 Å². The van der Waals surface area contributed by atoms with Crippen LogP contribution in [0.2, 0.25) is 0 Å². The molecule has 1 heterocycles. The summed E-state index contributed by atoms with van der Waals surface area (Å²) >= 11 is 0. The number of carboxylic acid groups (broad SMARTS) is 1. The number of aromatic carboxylic acids is 1. The Kier molecular flexibility index (Phi) is 3.56. The summed E-state index contributed by atoms with van der Waals surface area (Å²) in [5, 5.41) is 11.4. The maximum Gasteiger partial charge on any atom is 0.335 e. The van der Waals surface area contributed by atoms with E-state index in [-0.39, 0.29) is 11.3 Å². The molecule has 19 heavy (non-hydrogen) atoms. The Hall–Kier alpha value is -2.70. The fourth-order valence-electron chi connectivity index (χ4n) is 1.41. The largest absolute Gasteiger partial charge is 0.481 e. The van der Waals surface area contributed by atoms with E-state index >= 15 is 0 Å². The quantitative estimate of drug-likeness (QED) is 0.878. The van der Waals surface area contributed by atoms with Crippen LogP contribution in [0.1, 0.15) is 10.4 Å². The van der Waals surface area contributed by atoms with Gasteiger partial charge in [-0.1, -0.05) is 0 Å². The lowest BCUT2D eigenvalue weighted by Gasteiger charge is -2.07. The number of anilines is 2. The highest BCUT2D eigenvalue weighted by Gasteiger charge is 2.09. The highest BCUT2D eigenvalue weighted by atomic mass is 19.1. The van der Waals surface area contributed by atoms with E-state index in [9.17, 15) is 9.18 Å². The van der Waals surface area contributed by atoms with Crippen LogP contribution in [-0.4, -0.2) is 28.2 Å². The summed E-state index contributed by atoms with van der Waals surface area (Å²) in [5.74, 6) is -1.19. The maximum absolute atomic E-state index is 13.7. The molecule has 2 N–H and O–H groups in total. The van der Waals surface area contributed by atoms with Gasteiger partial charge in [0, 0.05) is 6.07 Å². The second kappa shape index (κ2) is 5.30. The third-order valence-electron chi connectivity index (χ3n) is 2.33. The summed E-state index contributed by atoms with van der Waals surface area (Å²) in [4.78, 5) is 18.4. The molecular formula is C12H10FN3O3. The second-order valence-electron chi connectivity index (χ2n) is 3.57. The van der Waals surface area contributed by atoms with E-state index in [4.69, 9.17) is 9.84 Å². The molecule has 0 aliphatic heterocycles. The third kappa shape index (κ3) is 2.95. The van der Waals surface area contributed by atoms with Gasteiger partial charge >= 0.3 is 5.97 Å². The minimum atomic E-state index is -1.19. The van der Waals surface area contributed by atoms with Crippen LogP contribution in [0.3, 0.4) is 0 Å². The molecule has 2 aromatic rings. The topological polar surface area (TPSA) is 84.3 Å². The molecule has 0 bridgehead atoms. The van der Waals surface area contributed by atoms with Gasteiger partial charge in [-0.3, -0.25) is 0 Å². The summed E-state index contributed by atoms with van der Waals surface area (Å²) in [6.45, 7) is 0. The van der Waals surface area contributed by atoms with Crippen molar-refractivity contribution >= 4 is 17.5 Å². The van der Waals surface area contributed by atoms with Gasteiger partial charge in [0.05, 0.1) is 18.4 Å². The molecule has 0 unspecified atom stereocenters. The molecule has 0 radical (unpaired) electrons. The highest BCUT2D eigenvalue weighted by molar-refractivity contribution is 5.88. The number of rotatable bonds is 4. The molecule has 0 aliphatic carbocycles. The molecule has 1 aromatic heterocycles. The van der Waals surface area contributed by atoms with E-state index in [1.807, 2.05) is 0 Å². The van der Waals surface area contributed by atoms with Crippen molar-refractivity contribution in [2.45, 2.75) is 0 Å². The molecule has 0 aliphatic rings. The van der Waals surface area contributed by atoms with Crippen LogP contribution >= 0.6 is 0 Å². The van der Waals surface area contributed by atoms with Gasteiger partial charge in [-0.15, -0.1) is 0 Å². The van der Waals surface area contributed by atoms with Crippen LogP contribution in [0.15, 0.2) is 30.6 Å². The Morgan fingerprint density at radius 1 is 1.37 bits per heavy atom. The third-order valence-corrected chi connectivity index (χ3v) is 2.33. The molecule has 1 aromatic carbocycles. The fraction of sp³-hybridized carbons (Fsp3) is 0.0833. The highest BCUT2D eigenvalue weighted by Crippen LogP contribution is 2.21. The molecule has 98 valence electrons. The average Bonchev–Trinajstić information content (AvgIpc) is 2.41. The lowest BCUT2D eigenvalue weighted by molar-refractivity contribution is 0.0696. The van der Waals surface area contributed by atoms with Gasteiger partial charge in [0.25, 0.3) is 0 Å². The monoisotopic (exact) mass is 263 g/mol. The van der Waals surface area contributed by atoms with Crippen LogP contribution in [-0.2, 0) is 0 Å². The summed E-state index contributed by atoms with van der Waals surface area (Å²) in [5.41, 5.74) is -0.00549. The van der Waals surface area contributed by atoms with E-state index < -0.39 is 11.8 Å². The number of ether oxygens (including phenoxy) is 1. The maximum atomic E-state index is 13.7. The van der Waals surface area contributed by atoms with Gasteiger partial charge < -0.3 is 15.2 Å². The standard InChI is InChI=1S/C12H10FN3O3/c1-19-11-5-10(14-6-15-11)16-9-3-2-7(12(17)18)4-8(9)13/h2-6H,1H3,(H,17,18)(H,14,15,16). The lowest BCUT2D eigenvalue weighted by Crippen LogP contribution is -2.01. The summed E-state index contributed by atoms with van der Waals surface area (Å²) in [7, 11) is 1.45. The normalized spacial score (nSPS) is 10.0. The Labute approximate surface area is 107 Å². The van der Waals surface area contributed by atoms with Crippen molar-refractivity contribution in [2.75, 3.05) is 12.4 Å². The number of nitrogens with zero attached hydrogens (tertiary/aromatic N) is 2. The minimum absolute atomic E-state index is 0.116. The SMILES string of the molecule is COc1cc(Nc2ccc(C(=O)O)cc2F)ncn1. The first-order valence-electron chi connectivity index (χ1n) is 5.26. The molecule has 0 saturated carbocycles. The predicted molar refractivity (Wildman–Crippen MR) is 65.2 cm³/mol. The molecule has 0 amide bonds. The van der Waals surface area contributed by atoms with Crippen LogP contribution in [0, 0.1) is 5.82 Å². The summed E-state index contributed by atoms with van der Waals surface area (Å²) in [6, 6.07) is 5.05. The van der Waals surface area contributed by atoms with E-state index in [1.54, 1.807) is 0 Å². The zero-order chi connectivity index (χ0) is 13.8. The number of methoxy groups -OCH3 is 1. The zero-order valence-electron chi connectivity index (χ0n) is 9.92. The van der Waals surface area contributed by atoms with Gasteiger partial charge in [0.2, 0.25) is 5.88 Å². The Morgan fingerprint density at radius 3 is 2.79 bits per heavy atom. The van der Waals surface area contributed by atoms with Crippen molar-refractivity contribution in [3.63, 3.8) is 0 Å². The number of benzene rings is 1. The number of nitrogens with one attached hydrogen (secondary N) is 1. The van der Waals surface area contributed by atoms with E-state index in [0.29, 0.717) is 11.7 Å². The summed E-state index contributed by atoms with van der Waals surface area (Å²) in [6.07, 6.45) is 1.27. The van der Waals surface area contributed by atoms with Gasteiger partial charge in [0.15, 0.2) is 0 Å². The number of hydrogen-bond donors (Lipinski definition) is 2. The predicted octanol–water partition coefficient (Wildman–Crippen LogP) is 2.07. The first-order valence-corrected chi connectivity index (χ1v) is 5.26. The Morgan fingerprint density at radius 2 is 2.16 bits per heavy atom. The Bertz CT molecular complexity index is 619. The van der Waals surface area contributed by atoms with E-state index in [1.165, 1.54) is 31.6 Å². The number of aromatic nitrogens is 2. The molecule has 0 saturated heterocycles. The zero-order valence-corrected chi connectivity index (χ0v) is 9.92. The number of halogens is 1. The van der Waals surface area contributed by atoms with E-state index in [2.05, 4.69) is 15.3 Å². The summed E-state index contributed by atoms with van der Waals surface area (Å²) < 4.78 is 18.6. The molecule has 7 heteroatoms. The smallest absolute Gasteiger partial charge is 0.335 e. The number of carbonyl (C=O) groups is 1. The van der Waals surface area contributed by atoms with Crippen molar-refractivity contribution in [3.05, 3.63) is 42.0 Å². The molecular weight excluding hydrogens is 253 g/mol. The van der Waals surface area contributed by atoms with Crippen molar-refractivity contribution in [1.82, 2.24) is 9.97 Å². The molecule has 6 nitrogen and oxygen atoms in total. The number of hydrogen-bond acceptors (Lipinski definition) is 5. The minimum Gasteiger partial charge on any atom is -0.481 e. The van der Waals surface area contributed by atoms with Crippen LogP contribution in [0.5, 0.6) is 5.88 Å². The van der Waals surface area contributed by atoms with Gasteiger partial charge in [-0.25, -0.2) is 19.2 Å². The van der Waals surface area contributed by atoms with Crippen molar-refractivity contribution < 1.29 is 19.0 Å². The van der Waals surface area contributed by atoms with Gasteiger partial charge in [-0.2, -0.15) is 0 Å². The van der Waals surface area contributed by atoms with Crippen LogP contribution in [0.4, 0.5) is 15.9 Å². The molecule has 0 spiro atoms. The van der Waals surface area contributed by atoms with Crippen LogP contribution in [0.25, 0.3) is 0 Å². The van der Waals surface area contributed by atoms with Crippen LogP contribution < -0.4 is 10.1 Å².